The largest absolute Gasteiger partial charge is 0.488 e. The normalized spacial score (nSPS) is 10.1. The van der Waals surface area contributed by atoms with Gasteiger partial charge in [-0.1, -0.05) is 18.2 Å². The monoisotopic (exact) mass is 290 g/mol. The predicted molar refractivity (Wildman–Crippen MR) is 72.3 cm³/mol. The lowest BCUT2D eigenvalue weighted by atomic mass is 10.1. The summed E-state index contributed by atoms with van der Waals surface area (Å²) in [5, 5.41) is 10.7. The molecule has 6 nitrogen and oxygen atoms in total. The molecule has 0 aliphatic heterocycles. The molecule has 0 radical (unpaired) electrons. The number of ether oxygens (including phenoxy) is 1. The summed E-state index contributed by atoms with van der Waals surface area (Å²) in [6.07, 6.45) is 0. The molecule has 0 saturated carbocycles. The van der Waals surface area contributed by atoms with Crippen LogP contribution in [0.25, 0.3) is 0 Å². The molecule has 0 aromatic heterocycles. The van der Waals surface area contributed by atoms with E-state index in [-0.39, 0.29) is 23.6 Å². The maximum absolute atomic E-state index is 13.5. The molecule has 0 saturated heterocycles. The molecule has 0 heterocycles. The second-order valence-electron chi connectivity index (χ2n) is 4.18. The zero-order valence-corrected chi connectivity index (χ0v) is 10.8. The standard InChI is InChI=1S/C14H11FN2O4/c15-12-4-2-1-3-9(12)8-21-13-6-5-10(17(19)20)7-11(13)14(16)18/h1-7H,8H2,(H2,16,18). The van der Waals surface area contributed by atoms with Crippen molar-refractivity contribution in [1.29, 1.82) is 0 Å². The third-order valence-electron chi connectivity index (χ3n) is 2.78. The molecule has 0 fully saturated rings. The fourth-order valence-electron chi connectivity index (χ4n) is 1.72. The van der Waals surface area contributed by atoms with Crippen LogP contribution in [0.1, 0.15) is 15.9 Å². The third-order valence-corrected chi connectivity index (χ3v) is 2.78. The number of carbonyl (C=O) groups excluding carboxylic acids is 1. The van der Waals surface area contributed by atoms with E-state index in [0.29, 0.717) is 5.56 Å². The summed E-state index contributed by atoms with van der Waals surface area (Å²) in [7, 11) is 0. The van der Waals surface area contributed by atoms with Gasteiger partial charge in [0.2, 0.25) is 0 Å². The number of rotatable bonds is 5. The predicted octanol–water partition coefficient (Wildman–Crippen LogP) is 2.41. The lowest BCUT2D eigenvalue weighted by Crippen LogP contribution is -2.13. The summed E-state index contributed by atoms with van der Waals surface area (Å²) in [6, 6.07) is 9.47. The lowest BCUT2D eigenvalue weighted by Gasteiger charge is -2.10. The van der Waals surface area contributed by atoms with Crippen LogP contribution in [0.3, 0.4) is 0 Å². The molecule has 2 rings (SSSR count). The molecular formula is C14H11FN2O4. The first-order chi connectivity index (χ1) is 9.99. The molecule has 2 aromatic rings. The number of halogens is 1. The van der Waals surface area contributed by atoms with Gasteiger partial charge in [-0.25, -0.2) is 4.39 Å². The average Bonchev–Trinajstić information content (AvgIpc) is 2.46. The number of amides is 1. The molecule has 108 valence electrons. The van der Waals surface area contributed by atoms with E-state index in [0.717, 1.165) is 6.07 Å². The maximum atomic E-state index is 13.5. The lowest BCUT2D eigenvalue weighted by molar-refractivity contribution is -0.384. The van der Waals surface area contributed by atoms with E-state index in [9.17, 15) is 19.3 Å². The number of nitrogens with zero attached hydrogens (tertiary/aromatic N) is 1. The number of benzene rings is 2. The van der Waals surface area contributed by atoms with Gasteiger partial charge in [-0.2, -0.15) is 0 Å². The Morgan fingerprint density at radius 2 is 2.00 bits per heavy atom. The molecule has 1 amide bonds. The van der Waals surface area contributed by atoms with Crippen LogP contribution < -0.4 is 10.5 Å². The number of nitro benzene ring substituents is 1. The first-order valence-corrected chi connectivity index (χ1v) is 5.93. The van der Waals surface area contributed by atoms with Gasteiger partial charge >= 0.3 is 0 Å². The Hall–Kier alpha value is -2.96. The van der Waals surface area contributed by atoms with Gasteiger partial charge in [-0.3, -0.25) is 14.9 Å². The summed E-state index contributed by atoms with van der Waals surface area (Å²) in [4.78, 5) is 21.3. The molecule has 2 N–H and O–H groups in total. The highest BCUT2D eigenvalue weighted by atomic mass is 19.1. The van der Waals surface area contributed by atoms with Crippen LogP contribution >= 0.6 is 0 Å². The SMILES string of the molecule is NC(=O)c1cc([N+](=O)[O-])ccc1OCc1ccccc1F. The number of non-ortho nitro benzene ring substituents is 1. The third kappa shape index (κ3) is 3.33. The molecule has 7 heteroatoms. The molecule has 21 heavy (non-hydrogen) atoms. The summed E-state index contributed by atoms with van der Waals surface area (Å²) in [6.45, 7) is -0.120. The molecule has 0 unspecified atom stereocenters. The van der Waals surface area contributed by atoms with E-state index in [4.69, 9.17) is 10.5 Å². The van der Waals surface area contributed by atoms with E-state index in [1.807, 2.05) is 0 Å². The number of carbonyl (C=O) groups is 1. The smallest absolute Gasteiger partial charge is 0.270 e. The minimum Gasteiger partial charge on any atom is -0.488 e. The van der Waals surface area contributed by atoms with Crippen LogP contribution in [0.15, 0.2) is 42.5 Å². The first-order valence-electron chi connectivity index (χ1n) is 5.93. The quantitative estimate of drug-likeness (QED) is 0.675. The molecule has 0 spiro atoms. The molecule has 0 atom stereocenters. The van der Waals surface area contributed by atoms with Crippen molar-refractivity contribution >= 4 is 11.6 Å². The van der Waals surface area contributed by atoms with Gasteiger partial charge in [0, 0.05) is 17.7 Å². The number of nitrogens with two attached hydrogens (primary N) is 1. The van der Waals surface area contributed by atoms with Crippen LogP contribution in [-0.4, -0.2) is 10.8 Å². The maximum Gasteiger partial charge on any atom is 0.270 e. The van der Waals surface area contributed by atoms with Crippen molar-refractivity contribution in [2.45, 2.75) is 6.61 Å². The van der Waals surface area contributed by atoms with Crippen molar-refractivity contribution in [3.8, 4) is 5.75 Å². The highest BCUT2D eigenvalue weighted by Crippen LogP contribution is 2.25. The van der Waals surface area contributed by atoms with Crippen LogP contribution in [0.2, 0.25) is 0 Å². The number of hydrogen-bond acceptors (Lipinski definition) is 4. The Bertz CT molecular complexity index is 703. The Morgan fingerprint density at radius 3 is 2.62 bits per heavy atom. The Kier molecular flexibility index (Phi) is 4.13. The highest BCUT2D eigenvalue weighted by molar-refractivity contribution is 5.96. The summed E-state index contributed by atoms with van der Waals surface area (Å²) in [5.74, 6) is -1.24. The van der Waals surface area contributed by atoms with Crippen molar-refractivity contribution in [3.63, 3.8) is 0 Å². The Balaban J connectivity index is 2.26. The van der Waals surface area contributed by atoms with E-state index in [1.54, 1.807) is 12.1 Å². The molecular weight excluding hydrogens is 279 g/mol. The van der Waals surface area contributed by atoms with Gasteiger partial charge in [0.05, 0.1) is 10.5 Å². The highest BCUT2D eigenvalue weighted by Gasteiger charge is 2.16. The second-order valence-corrected chi connectivity index (χ2v) is 4.18. The van der Waals surface area contributed by atoms with Crippen LogP contribution in [0.4, 0.5) is 10.1 Å². The van der Waals surface area contributed by atoms with Crippen molar-refractivity contribution < 1.29 is 18.8 Å². The van der Waals surface area contributed by atoms with Gasteiger partial charge in [0.25, 0.3) is 11.6 Å². The second kappa shape index (κ2) is 6.00. The topological polar surface area (TPSA) is 95.5 Å². The van der Waals surface area contributed by atoms with Crippen molar-refractivity contribution in [2.24, 2.45) is 5.73 Å². The summed E-state index contributed by atoms with van der Waals surface area (Å²) in [5.41, 5.74) is 5.06. The van der Waals surface area contributed by atoms with E-state index in [2.05, 4.69) is 0 Å². The molecule has 0 aliphatic carbocycles. The average molecular weight is 290 g/mol. The van der Waals surface area contributed by atoms with Crippen molar-refractivity contribution in [1.82, 2.24) is 0 Å². The van der Waals surface area contributed by atoms with Crippen LogP contribution in [0, 0.1) is 15.9 Å². The van der Waals surface area contributed by atoms with Crippen LogP contribution in [0.5, 0.6) is 5.75 Å². The number of hydrogen-bond donors (Lipinski definition) is 1. The van der Waals surface area contributed by atoms with Gasteiger partial charge in [-0.05, 0) is 12.1 Å². The minimum atomic E-state index is -0.859. The minimum absolute atomic E-state index is 0.0661. The van der Waals surface area contributed by atoms with Crippen molar-refractivity contribution in [3.05, 3.63) is 69.5 Å². The fourth-order valence-corrected chi connectivity index (χ4v) is 1.72. The zero-order valence-electron chi connectivity index (χ0n) is 10.8. The van der Waals surface area contributed by atoms with Crippen molar-refractivity contribution in [2.75, 3.05) is 0 Å². The molecule has 0 aliphatic rings. The van der Waals surface area contributed by atoms with Gasteiger partial charge in [-0.15, -0.1) is 0 Å². The Morgan fingerprint density at radius 1 is 1.29 bits per heavy atom. The van der Waals surface area contributed by atoms with E-state index < -0.39 is 16.6 Å². The van der Waals surface area contributed by atoms with Gasteiger partial charge < -0.3 is 10.5 Å². The fraction of sp³-hybridized carbons (Fsp3) is 0.0714. The van der Waals surface area contributed by atoms with Crippen LogP contribution in [-0.2, 0) is 6.61 Å². The number of nitro groups is 1. The summed E-state index contributed by atoms with van der Waals surface area (Å²) >= 11 is 0. The van der Waals surface area contributed by atoms with Gasteiger partial charge in [0.1, 0.15) is 18.2 Å². The zero-order chi connectivity index (χ0) is 15.4. The molecule has 2 aromatic carbocycles. The van der Waals surface area contributed by atoms with Gasteiger partial charge in [0.15, 0.2) is 0 Å². The first kappa shape index (κ1) is 14.4. The molecule has 0 bridgehead atoms. The summed E-state index contributed by atoms with van der Waals surface area (Å²) < 4.78 is 18.8. The Labute approximate surface area is 119 Å². The van der Waals surface area contributed by atoms with E-state index >= 15 is 0 Å². The van der Waals surface area contributed by atoms with E-state index in [1.165, 1.54) is 24.3 Å². The number of primary amides is 1.